The van der Waals surface area contributed by atoms with Crippen LogP contribution in [0.1, 0.15) is 45.0 Å². The first kappa shape index (κ1) is 11.2. The van der Waals surface area contributed by atoms with Gasteiger partial charge in [-0.3, -0.25) is 4.98 Å². The van der Waals surface area contributed by atoms with E-state index in [1.165, 1.54) is 11.3 Å². The van der Waals surface area contributed by atoms with Gasteiger partial charge in [-0.1, -0.05) is 33.8 Å². The van der Waals surface area contributed by atoms with E-state index in [1.807, 2.05) is 26.1 Å². The number of aromatic nitrogens is 1. The van der Waals surface area contributed by atoms with E-state index in [-0.39, 0.29) is 11.5 Å². The largest absolute Gasteiger partial charge is 0.323 e. The molecule has 0 saturated heterocycles. The van der Waals surface area contributed by atoms with E-state index in [1.54, 1.807) is 0 Å². The van der Waals surface area contributed by atoms with Crippen LogP contribution in [-0.4, -0.2) is 4.98 Å². The van der Waals surface area contributed by atoms with Crippen molar-refractivity contribution in [3.05, 3.63) is 29.6 Å². The quantitative estimate of drug-likeness (QED) is 0.686. The minimum Gasteiger partial charge on any atom is -0.323 e. The van der Waals surface area contributed by atoms with Gasteiger partial charge in [-0.25, -0.2) is 0 Å². The third-order valence-electron chi connectivity index (χ3n) is 2.73. The number of hydrogen-bond donors (Lipinski definition) is 1. The van der Waals surface area contributed by atoms with Crippen LogP contribution in [0.4, 0.5) is 0 Å². The summed E-state index contributed by atoms with van der Waals surface area (Å²) in [6, 6.07) is 4.20. The van der Waals surface area contributed by atoms with Gasteiger partial charge in [0.25, 0.3) is 0 Å². The van der Waals surface area contributed by atoms with Gasteiger partial charge in [0.15, 0.2) is 0 Å². The van der Waals surface area contributed by atoms with Crippen molar-refractivity contribution < 1.29 is 0 Å². The average Bonchev–Trinajstić information content (AvgIpc) is 2.42. The SMILES string of the molecule is CC.CC1(C)Cc2ncccc2C1N. The van der Waals surface area contributed by atoms with Crippen molar-refractivity contribution >= 4 is 0 Å². The molecule has 0 saturated carbocycles. The molecule has 78 valence electrons. The van der Waals surface area contributed by atoms with Crippen LogP contribution in [-0.2, 0) is 6.42 Å². The van der Waals surface area contributed by atoms with E-state index in [2.05, 4.69) is 24.9 Å². The molecule has 0 radical (unpaired) electrons. The Labute approximate surface area is 86.5 Å². The maximum Gasteiger partial charge on any atom is 0.0457 e. The summed E-state index contributed by atoms with van der Waals surface area (Å²) >= 11 is 0. The summed E-state index contributed by atoms with van der Waals surface area (Å²) in [7, 11) is 0. The minimum atomic E-state index is 0.154. The van der Waals surface area contributed by atoms with Gasteiger partial charge in [-0.15, -0.1) is 0 Å². The Kier molecular flexibility index (Phi) is 3.27. The predicted octanol–water partition coefficient (Wildman–Crippen LogP) is 2.69. The standard InChI is InChI=1S/C10H14N2.C2H6/c1-10(2)6-8-7(9(10)11)4-3-5-12-8;1-2/h3-5,9H,6,11H2,1-2H3;1-2H3. The number of nitrogens with zero attached hydrogens (tertiary/aromatic N) is 1. The van der Waals surface area contributed by atoms with Gasteiger partial charge in [0, 0.05) is 17.9 Å². The van der Waals surface area contributed by atoms with Gasteiger partial charge in [0.2, 0.25) is 0 Å². The molecule has 0 aromatic carbocycles. The molecule has 1 heterocycles. The lowest BCUT2D eigenvalue weighted by molar-refractivity contribution is 0.318. The number of rotatable bonds is 0. The molecule has 1 aromatic heterocycles. The molecule has 2 N–H and O–H groups in total. The van der Waals surface area contributed by atoms with Gasteiger partial charge >= 0.3 is 0 Å². The van der Waals surface area contributed by atoms with Gasteiger partial charge < -0.3 is 5.73 Å². The third-order valence-corrected chi connectivity index (χ3v) is 2.73. The third kappa shape index (κ3) is 1.80. The second-order valence-electron chi connectivity index (χ2n) is 4.18. The molecule has 0 amide bonds. The number of fused-ring (bicyclic) bond motifs is 1. The molecular weight excluding hydrogens is 172 g/mol. The first-order valence-corrected chi connectivity index (χ1v) is 5.30. The predicted molar refractivity (Wildman–Crippen MR) is 60.0 cm³/mol. The summed E-state index contributed by atoms with van der Waals surface area (Å²) < 4.78 is 0. The van der Waals surface area contributed by atoms with Crippen molar-refractivity contribution in [2.24, 2.45) is 11.1 Å². The van der Waals surface area contributed by atoms with E-state index in [9.17, 15) is 0 Å². The molecule has 14 heavy (non-hydrogen) atoms. The fourth-order valence-corrected chi connectivity index (χ4v) is 1.84. The van der Waals surface area contributed by atoms with Crippen molar-refractivity contribution in [2.75, 3.05) is 0 Å². The van der Waals surface area contributed by atoms with Crippen molar-refractivity contribution in [2.45, 2.75) is 40.2 Å². The number of hydrogen-bond acceptors (Lipinski definition) is 2. The lowest BCUT2D eigenvalue weighted by atomic mass is 9.86. The number of nitrogens with two attached hydrogens (primary N) is 1. The molecule has 1 atom stereocenters. The molecule has 2 heteroatoms. The van der Waals surface area contributed by atoms with Gasteiger partial charge in [-0.2, -0.15) is 0 Å². The van der Waals surface area contributed by atoms with Crippen LogP contribution >= 0.6 is 0 Å². The monoisotopic (exact) mass is 192 g/mol. The highest BCUT2D eigenvalue weighted by molar-refractivity contribution is 5.31. The van der Waals surface area contributed by atoms with Crippen LogP contribution in [0.25, 0.3) is 0 Å². The lowest BCUT2D eigenvalue weighted by Crippen LogP contribution is -2.24. The summed E-state index contributed by atoms with van der Waals surface area (Å²) in [5, 5.41) is 0. The van der Waals surface area contributed by atoms with Crippen LogP contribution in [0.2, 0.25) is 0 Å². The van der Waals surface area contributed by atoms with Crippen LogP contribution in [0.3, 0.4) is 0 Å². The van der Waals surface area contributed by atoms with E-state index < -0.39 is 0 Å². The highest BCUT2D eigenvalue weighted by atomic mass is 14.8. The van der Waals surface area contributed by atoms with Gasteiger partial charge in [0.05, 0.1) is 0 Å². The normalized spacial score (nSPS) is 22.2. The van der Waals surface area contributed by atoms with E-state index >= 15 is 0 Å². The van der Waals surface area contributed by atoms with Gasteiger partial charge in [0.1, 0.15) is 0 Å². The van der Waals surface area contributed by atoms with Crippen LogP contribution in [0.15, 0.2) is 18.3 Å². The highest BCUT2D eigenvalue weighted by Crippen LogP contribution is 2.42. The van der Waals surface area contributed by atoms with E-state index in [4.69, 9.17) is 5.73 Å². The first-order chi connectivity index (χ1) is 6.61. The zero-order valence-corrected chi connectivity index (χ0v) is 9.54. The van der Waals surface area contributed by atoms with Crippen LogP contribution < -0.4 is 5.73 Å². The molecule has 1 aromatic rings. The molecule has 2 rings (SSSR count). The van der Waals surface area contributed by atoms with E-state index in [0.717, 1.165) is 6.42 Å². The minimum absolute atomic E-state index is 0.154. The summed E-state index contributed by atoms with van der Waals surface area (Å²) in [6.45, 7) is 8.39. The van der Waals surface area contributed by atoms with Crippen LogP contribution in [0.5, 0.6) is 0 Å². The smallest absolute Gasteiger partial charge is 0.0457 e. The van der Waals surface area contributed by atoms with Crippen molar-refractivity contribution in [3.8, 4) is 0 Å². The average molecular weight is 192 g/mol. The second kappa shape index (κ2) is 4.09. The van der Waals surface area contributed by atoms with Crippen LogP contribution in [0, 0.1) is 5.41 Å². The highest BCUT2D eigenvalue weighted by Gasteiger charge is 2.36. The fraction of sp³-hybridized carbons (Fsp3) is 0.583. The maximum atomic E-state index is 6.08. The zero-order chi connectivity index (χ0) is 10.8. The number of pyridine rings is 1. The molecule has 2 nitrogen and oxygen atoms in total. The second-order valence-corrected chi connectivity index (χ2v) is 4.18. The van der Waals surface area contributed by atoms with Crippen molar-refractivity contribution in [1.29, 1.82) is 0 Å². The summed E-state index contributed by atoms with van der Waals surface area (Å²) in [5.41, 5.74) is 8.66. The lowest BCUT2D eigenvalue weighted by Gasteiger charge is -2.22. The Bertz CT molecular complexity index is 305. The van der Waals surface area contributed by atoms with Gasteiger partial charge in [-0.05, 0) is 23.5 Å². The Balaban J connectivity index is 0.000000461. The summed E-state index contributed by atoms with van der Waals surface area (Å²) in [4.78, 5) is 4.33. The first-order valence-electron chi connectivity index (χ1n) is 5.30. The molecule has 1 unspecified atom stereocenters. The zero-order valence-electron chi connectivity index (χ0n) is 9.54. The Morgan fingerprint density at radius 3 is 2.64 bits per heavy atom. The van der Waals surface area contributed by atoms with Crippen molar-refractivity contribution in [1.82, 2.24) is 4.98 Å². The van der Waals surface area contributed by atoms with E-state index in [0.29, 0.717) is 0 Å². The molecule has 0 spiro atoms. The molecule has 1 aliphatic carbocycles. The summed E-state index contributed by atoms with van der Waals surface area (Å²) in [5.74, 6) is 0. The fourth-order valence-electron chi connectivity index (χ4n) is 1.84. The Hall–Kier alpha value is -0.890. The molecule has 0 fully saturated rings. The molecule has 0 aliphatic heterocycles. The molecular formula is C12H20N2. The summed E-state index contributed by atoms with van der Waals surface area (Å²) in [6.07, 6.45) is 2.84. The molecule has 1 aliphatic rings. The maximum absolute atomic E-state index is 6.08. The topological polar surface area (TPSA) is 38.9 Å². The molecule has 0 bridgehead atoms. The Morgan fingerprint density at radius 1 is 1.43 bits per heavy atom. The Morgan fingerprint density at radius 2 is 2.07 bits per heavy atom. The van der Waals surface area contributed by atoms with Crippen molar-refractivity contribution in [3.63, 3.8) is 0 Å².